The van der Waals surface area contributed by atoms with Gasteiger partial charge in [0.15, 0.2) is 11.5 Å². The van der Waals surface area contributed by atoms with E-state index in [1.165, 1.54) is 11.1 Å². The molecular formula is C17H21N5. The van der Waals surface area contributed by atoms with Crippen molar-refractivity contribution in [2.24, 2.45) is 11.7 Å². The average molecular weight is 295 g/mol. The Kier molecular flexibility index (Phi) is 3.66. The summed E-state index contributed by atoms with van der Waals surface area (Å²) in [6.07, 6.45) is 0. The van der Waals surface area contributed by atoms with Gasteiger partial charge in [0.05, 0.1) is 11.7 Å². The van der Waals surface area contributed by atoms with Crippen LogP contribution in [0.5, 0.6) is 0 Å². The van der Waals surface area contributed by atoms with Crippen molar-refractivity contribution < 1.29 is 0 Å². The maximum Gasteiger partial charge on any atom is 0.178 e. The fraction of sp³-hybridized carbons (Fsp3) is 0.353. The van der Waals surface area contributed by atoms with Crippen LogP contribution in [-0.2, 0) is 0 Å². The third-order valence-electron chi connectivity index (χ3n) is 4.11. The van der Waals surface area contributed by atoms with Crippen molar-refractivity contribution in [3.63, 3.8) is 0 Å². The molecule has 0 fully saturated rings. The summed E-state index contributed by atoms with van der Waals surface area (Å²) in [6.45, 7) is 8.35. The molecule has 2 N–H and O–H groups in total. The maximum absolute atomic E-state index is 6.22. The number of hydrogen-bond acceptors (Lipinski definition) is 4. The van der Waals surface area contributed by atoms with E-state index >= 15 is 0 Å². The standard InChI is InChI=1S/C17H21N5/c1-10(2)16(18)17-20-19-15-8-7-14(21-22(15)17)13-6-5-11(3)12(4)9-13/h5-10,16H,18H2,1-4H3. The first kappa shape index (κ1) is 14.7. The zero-order chi connectivity index (χ0) is 15.9. The first-order valence-corrected chi connectivity index (χ1v) is 7.53. The summed E-state index contributed by atoms with van der Waals surface area (Å²) >= 11 is 0. The molecule has 0 aliphatic rings. The third kappa shape index (κ3) is 2.48. The van der Waals surface area contributed by atoms with E-state index in [1.54, 1.807) is 4.52 Å². The number of aryl methyl sites for hydroxylation is 2. The Labute approximate surface area is 130 Å². The number of aromatic nitrogens is 4. The Morgan fingerprint density at radius 1 is 1.00 bits per heavy atom. The molecule has 0 saturated heterocycles. The maximum atomic E-state index is 6.22. The van der Waals surface area contributed by atoms with Crippen molar-refractivity contribution in [2.75, 3.05) is 0 Å². The predicted octanol–water partition coefficient (Wildman–Crippen LogP) is 3.06. The fourth-order valence-corrected chi connectivity index (χ4v) is 2.37. The molecule has 2 aromatic heterocycles. The van der Waals surface area contributed by atoms with Gasteiger partial charge in [-0.05, 0) is 49.1 Å². The van der Waals surface area contributed by atoms with Gasteiger partial charge in [0.2, 0.25) is 0 Å². The second-order valence-corrected chi connectivity index (χ2v) is 6.12. The predicted molar refractivity (Wildman–Crippen MR) is 87.5 cm³/mol. The van der Waals surface area contributed by atoms with E-state index in [4.69, 9.17) is 10.8 Å². The number of benzene rings is 1. The van der Waals surface area contributed by atoms with Crippen LogP contribution in [0.1, 0.15) is 36.8 Å². The minimum atomic E-state index is -0.183. The highest BCUT2D eigenvalue weighted by Crippen LogP contribution is 2.22. The van der Waals surface area contributed by atoms with Crippen molar-refractivity contribution in [2.45, 2.75) is 33.7 Å². The van der Waals surface area contributed by atoms with Crippen LogP contribution in [0.15, 0.2) is 30.3 Å². The molecule has 0 radical (unpaired) electrons. The Balaban J connectivity index is 2.12. The van der Waals surface area contributed by atoms with E-state index in [0.717, 1.165) is 16.9 Å². The molecule has 5 nitrogen and oxygen atoms in total. The van der Waals surface area contributed by atoms with E-state index in [2.05, 4.69) is 56.1 Å². The van der Waals surface area contributed by atoms with Crippen LogP contribution in [0.2, 0.25) is 0 Å². The van der Waals surface area contributed by atoms with Crippen molar-refractivity contribution in [3.05, 3.63) is 47.3 Å². The molecule has 0 aliphatic carbocycles. The Bertz CT molecular complexity index is 819. The van der Waals surface area contributed by atoms with Gasteiger partial charge in [0.25, 0.3) is 0 Å². The Morgan fingerprint density at radius 3 is 2.45 bits per heavy atom. The summed E-state index contributed by atoms with van der Waals surface area (Å²) in [4.78, 5) is 0. The molecule has 3 aromatic rings. The van der Waals surface area contributed by atoms with Crippen LogP contribution in [0.25, 0.3) is 16.9 Å². The quantitative estimate of drug-likeness (QED) is 0.806. The van der Waals surface area contributed by atoms with E-state index in [1.807, 2.05) is 12.1 Å². The topological polar surface area (TPSA) is 69.1 Å². The second kappa shape index (κ2) is 5.50. The summed E-state index contributed by atoms with van der Waals surface area (Å²) in [5.41, 5.74) is 11.4. The van der Waals surface area contributed by atoms with Crippen molar-refractivity contribution in [1.82, 2.24) is 19.8 Å². The minimum Gasteiger partial charge on any atom is -0.321 e. The summed E-state index contributed by atoms with van der Waals surface area (Å²) in [6, 6.07) is 10.1. The molecule has 1 aromatic carbocycles. The normalized spacial score (nSPS) is 13.0. The van der Waals surface area contributed by atoms with Crippen LogP contribution in [0.3, 0.4) is 0 Å². The summed E-state index contributed by atoms with van der Waals surface area (Å²) in [7, 11) is 0. The average Bonchev–Trinajstić information content (AvgIpc) is 2.92. The van der Waals surface area contributed by atoms with E-state index < -0.39 is 0 Å². The highest BCUT2D eigenvalue weighted by Gasteiger charge is 2.18. The number of nitrogens with zero attached hydrogens (tertiary/aromatic N) is 4. The SMILES string of the molecule is Cc1ccc(-c2ccc3nnc(C(N)C(C)C)n3n2)cc1C. The van der Waals surface area contributed by atoms with Gasteiger partial charge in [0, 0.05) is 5.56 Å². The number of fused-ring (bicyclic) bond motifs is 1. The lowest BCUT2D eigenvalue weighted by Gasteiger charge is -2.13. The van der Waals surface area contributed by atoms with Gasteiger partial charge in [-0.1, -0.05) is 26.0 Å². The van der Waals surface area contributed by atoms with Gasteiger partial charge in [-0.3, -0.25) is 0 Å². The molecule has 0 amide bonds. The molecule has 1 atom stereocenters. The van der Waals surface area contributed by atoms with Crippen molar-refractivity contribution in [1.29, 1.82) is 0 Å². The lowest BCUT2D eigenvalue weighted by atomic mass is 10.0. The molecule has 0 aliphatic heterocycles. The first-order valence-electron chi connectivity index (χ1n) is 7.53. The van der Waals surface area contributed by atoms with Gasteiger partial charge < -0.3 is 5.73 Å². The first-order chi connectivity index (χ1) is 10.5. The fourth-order valence-electron chi connectivity index (χ4n) is 2.37. The number of hydrogen-bond donors (Lipinski definition) is 1. The van der Waals surface area contributed by atoms with Gasteiger partial charge in [0.1, 0.15) is 0 Å². The molecule has 0 spiro atoms. The zero-order valence-electron chi connectivity index (χ0n) is 13.4. The highest BCUT2D eigenvalue weighted by molar-refractivity contribution is 5.61. The molecule has 0 saturated carbocycles. The van der Waals surface area contributed by atoms with E-state index in [9.17, 15) is 0 Å². The van der Waals surface area contributed by atoms with Crippen LogP contribution in [0, 0.1) is 19.8 Å². The molecule has 114 valence electrons. The van der Waals surface area contributed by atoms with E-state index in [0.29, 0.717) is 5.82 Å². The summed E-state index contributed by atoms with van der Waals surface area (Å²) in [5.74, 6) is 0.982. The molecule has 5 heteroatoms. The van der Waals surface area contributed by atoms with Crippen molar-refractivity contribution in [3.8, 4) is 11.3 Å². The minimum absolute atomic E-state index is 0.183. The molecule has 1 unspecified atom stereocenters. The van der Waals surface area contributed by atoms with Gasteiger partial charge >= 0.3 is 0 Å². The van der Waals surface area contributed by atoms with Gasteiger partial charge in [-0.25, -0.2) is 0 Å². The van der Waals surface area contributed by atoms with Crippen LogP contribution in [-0.4, -0.2) is 19.8 Å². The smallest absolute Gasteiger partial charge is 0.178 e. The van der Waals surface area contributed by atoms with Gasteiger partial charge in [-0.2, -0.15) is 9.61 Å². The van der Waals surface area contributed by atoms with Crippen LogP contribution < -0.4 is 5.73 Å². The third-order valence-corrected chi connectivity index (χ3v) is 4.11. The monoisotopic (exact) mass is 295 g/mol. The molecule has 0 bridgehead atoms. The highest BCUT2D eigenvalue weighted by atomic mass is 15.4. The Hall–Kier alpha value is -2.27. The molecular weight excluding hydrogens is 274 g/mol. The van der Waals surface area contributed by atoms with Gasteiger partial charge in [-0.15, -0.1) is 10.2 Å². The molecule has 3 rings (SSSR count). The lowest BCUT2D eigenvalue weighted by molar-refractivity contribution is 0.480. The van der Waals surface area contributed by atoms with Crippen molar-refractivity contribution >= 4 is 5.65 Å². The van der Waals surface area contributed by atoms with Crippen LogP contribution in [0.4, 0.5) is 0 Å². The Morgan fingerprint density at radius 2 is 1.77 bits per heavy atom. The largest absolute Gasteiger partial charge is 0.321 e. The second-order valence-electron chi connectivity index (χ2n) is 6.12. The number of rotatable bonds is 3. The molecule has 22 heavy (non-hydrogen) atoms. The van der Waals surface area contributed by atoms with Crippen LogP contribution >= 0.6 is 0 Å². The summed E-state index contributed by atoms with van der Waals surface area (Å²) < 4.78 is 1.76. The zero-order valence-corrected chi connectivity index (χ0v) is 13.4. The lowest BCUT2D eigenvalue weighted by Crippen LogP contribution is -2.20. The summed E-state index contributed by atoms with van der Waals surface area (Å²) in [5, 5.41) is 13.1. The number of nitrogens with two attached hydrogens (primary N) is 1. The molecule has 2 heterocycles. The van der Waals surface area contributed by atoms with E-state index in [-0.39, 0.29) is 12.0 Å².